The third-order valence-corrected chi connectivity index (χ3v) is 7.74. The summed E-state index contributed by atoms with van der Waals surface area (Å²) >= 11 is 0. The Bertz CT molecular complexity index is 1550. The molecule has 5 rings (SSSR count). The van der Waals surface area contributed by atoms with E-state index in [1.807, 2.05) is 6.07 Å². The van der Waals surface area contributed by atoms with Crippen LogP contribution in [0.25, 0.3) is 11.3 Å². The molecule has 214 valence electrons. The van der Waals surface area contributed by atoms with Crippen LogP contribution in [0.2, 0.25) is 0 Å². The number of hydrogen-bond acceptors (Lipinski definition) is 7. The van der Waals surface area contributed by atoms with Gasteiger partial charge in [-0.15, -0.1) is 5.10 Å². The van der Waals surface area contributed by atoms with Crippen molar-refractivity contribution in [3.05, 3.63) is 95.0 Å². The van der Waals surface area contributed by atoms with Crippen LogP contribution >= 0.6 is 0 Å². The van der Waals surface area contributed by atoms with Gasteiger partial charge in [-0.2, -0.15) is 0 Å². The maximum absolute atomic E-state index is 14.5. The van der Waals surface area contributed by atoms with Crippen molar-refractivity contribution in [1.29, 1.82) is 0 Å². The number of aliphatic hydroxyl groups is 1. The summed E-state index contributed by atoms with van der Waals surface area (Å²) in [6.07, 6.45) is 6.30. The van der Waals surface area contributed by atoms with Gasteiger partial charge in [-0.25, -0.2) is 22.8 Å². The summed E-state index contributed by atoms with van der Waals surface area (Å²) < 4.78 is 45.0. The number of hydrogen-bond donors (Lipinski definition) is 2. The van der Waals surface area contributed by atoms with Crippen LogP contribution in [0.4, 0.5) is 13.2 Å². The Morgan fingerprint density at radius 3 is 2.49 bits per heavy atom. The molecular weight excluding hydrogens is 533 g/mol. The lowest BCUT2D eigenvalue weighted by atomic mass is 9.72. The molecule has 0 unspecified atom stereocenters. The first kappa shape index (κ1) is 28.6. The number of carbonyl (C=O) groups is 1. The van der Waals surface area contributed by atoms with Crippen molar-refractivity contribution in [3.8, 4) is 11.3 Å². The minimum atomic E-state index is -1.12. The van der Waals surface area contributed by atoms with Gasteiger partial charge >= 0.3 is 0 Å². The number of rotatable bonds is 7. The first-order valence-corrected chi connectivity index (χ1v) is 13.4. The highest BCUT2D eigenvalue weighted by Crippen LogP contribution is 2.42. The summed E-state index contributed by atoms with van der Waals surface area (Å²) in [5, 5.41) is 18.6. The molecule has 1 saturated carbocycles. The quantitative estimate of drug-likeness (QED) is 0.307. The molecule has 1 aromatic carbocycles. The fourth-order valence-electron chi connectivity index (χ4n) is 5.73. The predicted octanol–water partition coefficient (Wildman–Crippen LogP) is 4.89. The second-order valence-electron chi connectivity index (χ2n) is 11.2. The largest absolute Gasteiger partial charge is 0.384 e. The molecular formula is C30H31F3N6O2. The van der Waals surface area contributed by atoms with E-state index in [0.29, 0.717) is 17.7 Å². The zero-order chi connectivity index (χ0) is 29.5. The molecule has 0 amide bonds. The third kappa shape index (κ3) is 5.77. The number of ketones is 1. The van der Waals surface area contributed by atoms with Gasteiger partial charge in [-0.1, -0.05) is 18.2 Å². The molecule has 1 aliphatic rings. The Labute approximate surface area is 235 Å². The van der Waals surface area contributed by atoms with Crippen LogP contribution in [0.3, 0.4) is 0 Å². The highest BCUT2D eigenvalue weighted by Gasteiger charge is 2.37. The van der Waals surface area contributed by atoms with Gasteiger partial charge in [0.25, 0.3) is 0 Å². The standard InChI is InChI=1S/C30H31F3N6O2/c1-16-11-17(12-23(34)29(16)39-15-26(37-38-39)30(2,3)41)19-9-10-35-14-18(19)13-25(40)24-8-7-22(33)28(36-24)27-20(31)5-4-6-21(27)32/h4-10,14-17,23,29,41H,11-13,34H2,1-3H3/t16-,17+,23+,29-/m0/s1. The van der Waals surface area contributed by atoms with Gasteiger partial charge in [0.2, 0.25) is 0 Å². The zero-order valence-corrected chi connectivity index (χ0v) is 22.9. The van der Waals surface area contributed by atoms with Gasteiger partial charge in [0.15, 0.2) is 5.78 Å². The molecule has 4 aromatic rings. The van der Waals surface area contributed by atoms with Crippen LogP contribution in [-0.4, -0.2) is 41.9 Å². The van der Waals surface area contributed by atoms with Gasteiger partial charge < -0.3 is 10.8 Å². The fourth-order valence-corrected chi connectivity index (χ4v) is 5.73. The molecule has 11 heteroatoms. The first-order chi connectivity index (χ1) is 19.4. The predicted molar refractivity (Wildman–Crippen MR) is 145 cm³/mol. The Balaban J connectivity index is 1.37. The molecule has 8 nitrogen and oxygen atoms in total. The smallest absolute Gasteiger partial charge is 0.185 e. The number of nitrogens with two attached hydrogens (primary N) is 1. The van der Waals surface area contributed by atoms with E-state index in [9.17, 15) is 23.1 Å². The summed E-state index contributed by atoms with van der Waals surface area (Å²) in [4.78, 5) is 21.5. The van der Waals surface area contributed by atoms with Crippen molar-refractivity contribution in [2.75, 3.05) is 0 Å². The average Bonchev–Trinajstić information content (AvgIpc) is 3.40. The van der Waals surface area contributed by atoms with Crippen LogP contribution in [0.5, 0.6) is 0 Å². The molecule has 3 N–H and O–H groups in total. The molecule has 3 aromatic heterocycles. The molecule has 1 fully saturated rings. The first-order valence-electron chi connectivity index (χ1n) is 13.4. The van der Waals surface area contributed by atoms with Crippen molar-refractivity contribution >= 4 is 5.78 Å². The van der Waals surface area contributed by atoms with Gasteiger partial charge in [0, 0.05) is 24.9 Å². The highest BCUT2D eigenvalue weighted by molar-refractivity contribution is 5.96. The minimum Gasteiger partial charge on any atom is -0.384 e. The maximum Gasteiger partial charge on any atom is 0.185 e. The molecule has 0 bridgehead atoms. The number of benzene rings is 1. The van der Waals surface area contributed by atoms with E-state index in [1.54, 1.807) is 37.1 Å². The van der Waals surface area contributed by atoms with Crippen LogP contribution in [0.15, 0.2) is 55.0 Å². The lowest BCUT2D eigenvalue weighted by molar-refractivity contribution is 0.0736. The number of aromatic nitrogens is 5. The summed E-state index contributed by atoms with van der Waals surface area (Å²) in [6, 6.07) is 6.85. The van der Waals surface area contributed by atoms with E-state index in [1.165, 1.54) is 12.1 Å². The van der Waals surface area contributed by atoms with Crippen LogP contribution in [-0.2, 0) is 12.0 Å². The SMILES string of the molecule is C[C@H]1C[C@@H](c2ccncc2CC(=O)c2ccc(F)c(-c3c(F)cccc3F)n2)C[C@@H](N)[C@H]1n1cc(C(C)(C)O)nn1. The summed E-state index contributed by atoms with van der Waals surface area (Å²) in [6.45, 7) is 5.38. The van der Waals surface area contributed by atoms with E-state index < -0.39 is 40.1 Å². The molecule has 0 saturated heterocycles. The zero-order valence-electron chi connectivity index (χ0n) is 22.9. The second-order valence-corrected chi connectivity index (χ2v) is 11.2. The average molecular weight is 565 g/mol. The Kier molecular flexibility index (Phi) is 7.76. The Morgan fingerprint density at radius 2 is 1.83 bits per heavy atom. The maximum atomic E-state index is 14.5. The molecule has 1 aliphatic carbocycles. The fraction of sp³-hybridized carbons (Fsp3) is 0.367. The summed E-state index contributed by atoms with van der Waals surface area (Å²) in [5.74, 6) is -3.19. The number of pyridine rings is 2. The van der Waals surface area contributed by atoms with Crippen LogP contribution in [0.1, 0.15) is 72.9 Å². The Morgan fingerprint density at radius 1 is 1.10 bits per heavy atom. The molecule has 4 atom stereocenters. The minimum absolute atomic E-state index is 0.0311. The van der Waals surface area contributed by atoms with E-state index in [2.05, 4.69) is 27.2 Å². The monoisotopic (exact) mass is 564 g/mol. The van der Waals surface area contributed by atoms with E-state index in [4.69, 9.17) is 5.73 Å². The molecule has 0 radical (unpaired) electrons. The normalized spacial score (nSPS) is 21.2. The number of Topliss-reactive ketones (excluding diaryl/α,β-unsaturated/α-hetero) is 1. The van der Waals surface area contributed by atoms with Gasteiger partial charge in [-0.3, -0.25) is 9.78 Å². The summed E-state index contributed by atoms with van der Waals surface area (Å²) in [5.41, 5.74) is 6.31. The van der Waals surface area contributed by atoms with Gasteiger partial charge in [-0.05, 0) is 80.0 Å². The summed E-state index contributed by atoms with van der Waals surface area (Å²) in [7, 11) is 0. The molecule has 41 heavy (non-hydrogen) atoms. The van der Waals surface area contributed by atoms with Crippen molar-refractivity contribution in [3.63, 3.8) is 0 Å². The lowest BCUT2D eigenvalue weighted by Crippen LogP contribution is -2.42. The topological polar surface area (TPSA) is 120 Å². The van der Waals surface area contributed by atoms with Crippen LogP contribution < -0.4 is 5.73 Å². The van der Waals surface area contributed by atoms with E-state index in [-0.39, 0.29) is 36.0 Å². The number of nitrogens with zero attached hydrogens (tertiary/aromatic N) is 5. The van der Waals surface area contributed by atoms with Crippen molar-refractivity contribution in [2.24, 2.45) is 11.7 Å². The van der Waals surface area contributed by atoms with Gasteiger partial charge in [0.1, 0.15) is 40.1 Å². The molecule has 3 heterocycles. The molecule has 0 spiro atoms. The van der Waals surface area contributed by atoms with Crippen LogP contribution in [0, 0.1) is 23.4 Å². The third-order valence-electron chi connectivity index (χ3n) is 7.74. The van der Waals surface area contributed by atoms with E-state index >= 15 is 0 Å². The molecule has 0 aliphatic heterocycles. The van der Waals surface area contributed by atoms with Crippen molar-refractivity contribution < 1.29 is 23.1 Å². The van der Waals surface area contributed by atoms with Crippen molar-refractivity contribution in [2.45, 2.75) is 63.6 Å². The van der Waals surface area contributed by atoms with E-state index in [0.717, 1.165) is 30.2 Å². The second kappa shape index (κ2) is 11.1. The number of halogens is 3. The Hall–Kier alpha value is -3.96. The highest BCUT2D eigenvalue weighted by atomic mass is 19.1. The van der Waals surface area contributed by atoms with Crippen molar-refractivity contribution in [1.82, 2.24) is 25.0 Å². The number of carbonyl (C=O) groups excluding carboxylic acids is 1. The van der Waals surface area contributed by atoms with Gasteiger partial charge in [0.05, 0.1) is 17.8 Å². The lowest BCUT2D eigenvalue weighted by Gasteiger charge is -2.39.